The summed E-state index contributed by atoms with van der Waals surface area (Å²) in [6.07, 6.45) is -0.125. The van der Waals surface area contributed by atoms with Gasteiger partial charge in [-0.15, -0.1) is 0 Å². The van der Waals surface area contributed by atoms with E-state index in [2.05, 4.69) is 26.4 Å². The van der Waals surface area contributed by atoms with Crippen LogP contribution in [0.1, 0.15) is 33.5 Å². The number of rotatable bonds is 5. The Morgan fingerprint density at radius 3 is 2.74 bits per heavy atom. The highest BCUT2D eigenvalue weighted by molar-refractivity contribution is 5.89. The van der Waals surface area contributed by atoms with Gasteiger partial charge in [0.25, 0.3) is 0 Å². The van der Waals surface area contributed by atoms with Crippen LogP contribution < -0.4 is 21.3 Å². The molecule has 0 bridgehead atoms. The van der Waals surface area contributed by atoms with Crippen LogP contribution in [-0.4, -0.2) is 34.3 Å². The van der Waals surface area contributed by atoms with Crippen LogP contribution in [0.3, 0.4) is 0 Å². The van der Waals surface area contributed by atoms with E-state index in [0.717, 1.165) is 5.56 Å². The normalized spacial score (nSPS) is 19.6. The van der Waals surface area contributed by atoms with Crippen molar-refractivity contribution in [3.8, 4) is 11.3 Å². The predicted molar refractivity (Wildman–Crippen MR) is 104 cm³/mol. The number of amides is 3. The maximum Gasteiger partial charge on any atom is 0.320 e. The molecule has 0 aliphatic carbocycles. The molecule has 1 aromatic carbocycles. The molecular weight excluding hydrogens is 344 g/mol. The van der Waals surface area contributed by atoms with Crippen LogP contribution in [0.25, 0.3) is 11.3 Å². The molecule has 2 heterocycles. The Balaban J connectivity index is 1.88. The Bertz CT molecular complexity index is 802. The zero-order valence-electron chi connectivity index (χ0n) is 15.8. The van der Waals surface area contributed by atoms with Gasteiger partial charge in [0.05, 0.1) is 5.69 Å². The fourth-order valence-electron chi connectivity index (χ4n) is 2.88. The van der Waals surface area contributed by atoms with Crippen molar-refractivity contribution in [2.24, 2.45) is 5.92 Å². The van der Waals surface area contributed by atoms with Crippen LogP contribution in [0, 0.1) is 5.92 Å². The lowest BCUT2D eigenvalue weighted by Crippen LogP contribution is -2.52. The lowest BCUT2D eigenvalue weighted by Gasteiger charge is -2.30. The average molecular weight is 370 g/mol. The van der Waals surface area contributed by atoms with Gasteiger partial charge in [-0.1, -0.05) is 44.2 Å². The van der Waals surface area contributed by atoms with E-state index in [1.807, 2.05) is 51.1 Å². The van der Waals surface area contributed by atoms with Gasteiger partial charge in [0.1, 0.15) is 5.82 Å². The molecule has 1 aliphatic heterocycles. The molecule has 0 saturated carbocycles. The van der Waals surface area contributed by atoms with Gasteiger partial charge in [-0.3, -0.25) is 15.4 Å². The monoisotopic (exact) mass is 370 g/mol. The van der Waals surface area contributed by atoms with Gasteiger partial charge in [-0.2, -0.15) is 5.10 Å². The molecule has 27 heavy (non-hydrogen) atoms. The van der Waals surface area contributed by atoms with Crippen molar-refractivity contribution in [1.29, 1.82) is 0 Å². The number of hydrogen-bond donors (Lipinski definition) is 4. The zero-order valence-corrected chi connectivity index (χ0v) is 15.8. The second-order valence-corrected chi connectivity index (χ2v) is 7.20. The van der Waals surface area contributed by atoms with Crippen LogP contribution in [0.15, 0.2) is 36.4 Å². The Labute approximate surface area is 158 Å². The van der Waals surface area contributed by atoms with Gasteiger partial charge in [0.2, 0.25) is 5.91 Å². The second kappa shape index (κ2) is 8.22. The van der Waals surface area contributed by atoms with E-state index in [9.17, 15) is 9.59 Å². The minimum atomic E-state index is -0.529. The first kappa shape index (κ1) is 18.9. The molecule has 4 N–H and O–H groups in total. The smallest absolute Gasteiger partial charge is 0.320 e. The Morgan fingerprint density at radius 2 is 2.07 bits per heavy atom. The van der Waals surface area contributed by atoms with Gasteiger partial charge in [-0.25, -0.2) is 9.48 Å². The van der Waals surface area contributed by atoms with Crippen molar-refractivity contribution in [2.75, 3.05) is 11.9 Å². The van der Waals surface area contributed by atoms with Crippen LogP contribution in [0.2, 0.25) is 0 Å². The third kappa shape index (κ3) is 4.85. The molecule has 8 heteroatoms. The summed E-state index contributed by atoms with van der Waals surface area (Å²) in [4.78, 5) is 24.2. The first-order valence-corrected chi connectivity index (χ1v) is 9.17. The minimum Gasteiger partial charge on any atom is -0.338 e. The number of aromatic nitrogens is 2. The van der Waals surface area contributed by atoms with Gasteiger partial charge >= 0.3 is 6.03 Å². The summed E-state index contributed by atoms with van der Waals surface area (Å²) in [5.41, 5.74) is 1.64. The number of nitrogens with zero attached hydrogens (tertiary/aromatic N) is 2. The first-order valence-electron chi connectivity index (χ1n) is 9.17. The van der Waals surface area contributed by atoms with Crippen molar-refractivity contribution in [3.05, 3.63) is 36.4 Å². The van der Waals surface area contributed by atoms with Crippen molar-refractivity contribution < 1.29 is 9.59 Å². The van der Waals surface area contributed by atoms with E-state index in [1.54, 1.807) is 10.7 Å². The fourth-order valence-corrected chi connectivity index (χ4v) is 2.88. The van der Waals surface area contributed by atoms with Crippen LogP contribution in [-0.2, 0) is 4.79 Å². The SMILES string of the molecule is CC(C)CNC(=O)Nc1cc(-c2ccccc2)nn1C1NC(=O)CC(C)N1. The lowest BCUT2D eigenvalue weighted by molar-refractivity contribution is -0.125. The quantitative estimate of drug-likeness (QED) is 0.649. The van der Waals surface area contributed by atoms with Crippen molar-refractivity contribution in [2.45, 2.75) is 39.5 Å². The Kier molecular flexibility index (Phi) is 5.75. The van der Waals surface area contributed by atoms with Crippen molar-refractivity contribution in [1.82, 2.24) is 25.7 Å². The average Bonchev–Trinajstić information content (AvgIpc) is 3.04. The van der Waals surface area contributed by atoms with E-state index >= 15 is 0 Å². The van der Waals surface area contributed by atoms with E-state index < -0.39 is 6.29 Å². The van der Waals surface area contributed by atoms with E-state index in [0.29, 0.717) is 30.4 Å². The summed E-state index contributed by atoms with van der Waals surface area (Å²) in [5, 5.41) is 16.4. The Hall–Kier alpha value is -2.87. The number of carbonyl (C=O) groups excluding carboxylic acids is 2. The summed E-state index contributed by atoms with van der Waals surface area (Å²) < 4.78 is 1.60. The summed E-state index contributed by atoms with van der Waals surface area (Å²) >= 11 is 0. The predicted octanol–water partition coefficient (Wildman–Crippen LogP) is 2.28. The van der Waals surface area contributed by atoms with Gasteiger partial charge in [-0.05, 0) is 12.8 Å². The molecule has 1 aliphatic rings. The number of nitrogens with one attached hydrogen (secondary N) is 4. The Morgan fingerprint density at radius 1 is 1.33 bits per heavy atom. The van der Waals surface area contributed by atoms with Crippen molar-refractivity contribution in [3.63, 3.8) is 0 Å². The summed E-state index contributed by atoms with van der Waals surface area (Å²) in [6.45, 7) is 6.57. The summed E-state index contributed by atoms with van der Waals surface area (Å²) in [7, 11) is 0. The fraction of sp³-hybridized carbons (Fsp3) is 0.421. The van der Waals surface area contributed by atoms with E-state index in [4.69, 9.17) is 0 Å². The zero-order chi connectivity index (χ0) is 19.4. The molecule has 3 rings (SSSR count). The number of benzene rings is 1. The standard InChI is InChI=1S/C19H26N6O2/c1-12(2)11-20-19(27)22-16-10-15(14-7-5-4-6-8-14)24-25(16)18-21-13(3)9-17(26)23-18/h4-8,10,12-13,18,21H,9,11H2,1-3H3,(H,23,26)(H2,20,22,27). The van der Waals surface area contributed by atoms with Crippen LogP contribution >= 0.6 is 0 Å². The molecule has 1 saturated heterocycles. The molecule has 2 unspecified atom stereocenters. The third-order valence-corrected chi connectivity index (χ3v) is 4.19. The molecule has 2 aromatic rings. The second-order valence-electron chi connectivity index (χ2n) is 7.20. The highest BCUT2D eigenvalue weighted by atomic mass is 16.2. The topological polar surface area (TPSA) is 100 Å². The molecule has 0 radical (unpaired) electrons. The summed E-state index contributed by atoms with van der Waals surface area (Å²) in [5.74, 6) is 0.793. The molecule has 1 aromatic heterocycles. The van der Waals surface area contributed by atoms with Gasteiger partial charge in [0.15, 0.2) is 6.29 Å². The molecular formula is C19H26N6O2. The van der Waals surface area contributed by atoms with Gasteiger partial charge < -0.3 is 10.6 Å². The van der Waals surface area contributed by atoms with Crippen molar-refractivity contribution >= 4 is 17.8 Å². The minimum absolute atomic E-state index is 0.00995. The lowest BCUT2D eigenvalue weighted by atomic mass is 10.2. The number of carbonyl (C=O) groups is 2. The van der Waals surface area contributed by atoms with Gasteiger partial charge in [0, 0.05) is 30.6 Å². The van der Waals surface area contributed by atoms with E-state index in [-0.39, 0.29) is 18.0 Å². The highest BCUT2D eigenvalue weighted by Crippen LogP contribution is 2.24. The largest absolute Gasteiger partial charge is 0.338 e. The highest BCUT2D eigenvalue weighted by Gasteiger charge is 2.27. The van der Waals surface area contributed by atoms with Crippen LogP contribution in [0.4, 0.5) is 10.6 Å². The van der Waals surface area contributed by atoms with E-state index in [1.165, 1.54) is 0 Å². The molecule has 1 fully saturated rings. The number of urea groups is 1. The summed E-state index contributed by atoms with van der Waals surface area (Å²) in [6, 6.07) is 11.2. The van der Waals surface area contributed by atoms with Crippen LogP contribution in [0.5, 0.6) is 0 Å². The number of anilines is 1. The molecule has 8 nitrogen and oxygen atoms in total. The maximum absolute atomic E-state index is 12.3. The molecule has 0 spiro atoms. The molecule has 2 atom stereocenters. The number of hydrogen-bond acceptors (Lipinski definition) is 4. The maximum atomic E-state index is 12.3. The molecule has 144 valence electrons. The first-order chi connectivity index (χ1) is 12.9. The molecule has 3 amide bonds. The third-order valence-electron chi connectivity index (χ3n) is 4.19.